The van der Waals surface area contributed by atoms with Crippen molar-refractivity contribution in [3.8, 4) is 5.75 Å². The second-order valence-corrected chi connectivity index (χ2v) is 2.35. The van der Waals surface area contributed by atoms with Crippen molar-refractivity contribution in [2.24, 2.45) is 0 Å². The highest BCUT2D eigenvalue weighted by Crippen LogP contribution is 2.14. The zero-order valence-corrected chi connectivity index (χ0v) is 7.21. The van der Waals surface area contributed by atoms with Crippen molar-refractivity contribution < 1.29 is 13.9 Å². The summed E-state index contributed by atoms with van der Waals surface area (Å²) in [6, 6.07) is 5.75. The summed E-state index contributed by atoms with van der Waals surface area (Å²) in [5, 5.41) is 2.39. The lowest BCUT2D eigenvalue weighted by Gasteiger charge is -2.04. The standard InChI is InChI=1S/C9H10FNO2/c1-2-11-9(12)13-8-6-4-3-5-7(8)10/h3-6H,2H2,1H3,(H,11,12). The van der Waals surface area contributed by atoms with Crippen LogP contribution in [0.4, 0.5) is 9.18 Å². The van der Waals surface area contributed by atoms with Crippen LogP contribution in [0.25, 0.3) is 0 Å². The number of hydrogen-bond donors (Lipinski definition) is 1. The summed E-state index contributed by atoms with van der Waals surface area (Å²) in [6.07, 6.45) is -0.646. The monoisotopic (exact) mass is 183 g/mol. The Labute approximate surface area is 75.5 Å². The molecule has 0 unspecified atom stereocenters. The molecule has 1 rings (SSSR count). The van der Waals surface area contributed by atoms with Gasteiger partial charge in [-0.1, -0.05) is 12.1 Å². The molecule has 0 heterocycles. The highest BCUT2D eigenvalue weighted by molar-refractivity contribution is 5.70. The van der Waals surface area contributed by atoms with E-state index in [-0.39, 0.29) is 5.75 Å². The van der Waals surface area contributed by atoms with Gasteiger partial charge in [0.15, 0.2) is 11.6 Å². The van der Waals surface area contributed by atoms with Crippen LogP contribution in [0.5, 0.6) is 5.75 Å². The number of benzene rings is 1. The lowest BCUT2D eigenvalue weighted by atomic mass is 10.3. The number of para-hydroxylation sites is 1. The Kier molecular flexibility index (Phi) is 3.25. The molecule has 0 aliphatic rings. The number of hydrogen-bond acceptors (Lipinski definition) is 2. The molecule has 4 heteroatoms. The molecule has 0 aliphatic heterocycles. The number of carbonyl (C=O) groups excluding carboxylic acids is 1. The molecule has 0 aromatic heterocycles. The van der Waals surface area contributed by atoms with Gasteiger partial charge in [-0.05, 0) is 19.1 Å². The van der Waals surface area contributed by atoms with Crippen molar-refractivity contribution in [3.05, 3.63) is 30.1 Å². The third kappa shape index (κ3) is 2.74. The fourth-order valence-electron chi connectivity index (χ4n) is 0.808. The van der Waals surface area contributed by atoms with Crippen LogP contribution in [-0.2, 0) is 0 Å². The van der Waals surface area contributed by atoms with Crippen LogP contribution in [0.2, 0.25) is 0 Å². The van der Waals surface area contributed by atoms with E-state index in [1.807, 2.05) is 0 Å². The van der Waals surface area contributed by atoms with E-state index in [9.17, 15) is 9.18 Å². The van der Waals surface area contributed by atoms with Gasteiger partial charge in [-0.3, -0.25) is 0 Å². The first-order valence-electron chi connectivity index (χ1n) is 3.94. The van der Waals surface area contributed by atoms with Crippen LogP contribution in [0.3, 0.4) is 0 Å². The maximum atomic E-state index is 12.9. The minimum absolute atomic E-state index is 0.0616. The van der Waals surface area contributed by atoms with Crippen LogP contribution >= 0.6 is 0 Å². The van der Waals surface area contributed by atoms with Crippen molar-refractivity contribution in [2.45, 2.75) is 6.92 Å². The summed E-state index contributed by atoms with van der Waals surface area (Å²) >= 11 is 0. The van der Waals surface area contributed by atoms with E-state index in [0.29, 0.717) is 6.54 Å². The minimum atomic E-state index is -0.646. The average Bonchev–Trinajstić information content (AvgIpc) is 2.09. The van der Waals surface area contributed by atoms with Gasteiger partial charge >= 0.3 is 6.09 Å². The number of amides is 1. The first-order valence-corrected chi connectivity index (χ1v) is 3.94. The van der Waals surface area contributed by atoms with E-state index in [1.54, 1.807) is 13.0 Å². The van der Waals surface area contributed by atoms with Crippen molar-refractivity contribution in [3.63, 3.8) is 0 Å². The molecule has 0 bridgehead atoms. The van der Waals surface area contributed by atoms with E-state index in [2.05, 4.69) is 10.1 Å². The molecule has 13 heavy (non-hydrogen) atoms. The second-order valence-electron chi connectivity index (χ2n) is 2.35. The lowest BCUT2D eigenvalue weighted by Crippen LogP contribution is -2.26. The van der Waals surface area contributed by atoms with Crippen LogP contribution in [0, 0.1) is 5.82 Å². The van der Waals surface area contributed by atoms with Gasteiger partial charge in [0.25, 0.3) is 0 Å². The molecule has 0 spiro atoms. The van der Waals surface area contributed by atoms with Gasteiger partial charge in [0.1, 0.15) is 0 Å². The maximum Gasteiger partial charge on any atom is 0.412 e. The molecule has 1 aromatic carbocycles. The Morgan fingerprint density at radius 2 is 2.23 bits per heavy atom. The predicted octanol–water partition coefficient (Wildman–Crippen LogP) is 1.93. The zero-order chi connectivity index (χ0) is 9.68. The Morgan fingerprint density at radius 3 is 2.85 bits per heavy atom. The first kappa shape index (κ1) is 9.51. The third-order valence-electron chi connectivity index (χ3n) is 1.36. The summed E-state index contributed by atoms with van der Waals surface area (Å²) in [7, 11) is 0. The topological polar surface area (TPSA) is 38.3 Å². The van der Waals surface area contributed by atoms with Gasteiger partial charge in [0.05, 0.1) is 0 Å². The van der Waals surface area contributed by atoms with Gasteiger partial charge < -0.3 is 10.1 Å². The quantitative estimate of drug-likeness (QED) is 0.760. The van der Waals surface area contributed by atoms with E-state index in [1.165, 1.54) is 18.2 Å². The lowest BCUT2D eigenvalue weighted by molar-refractivity contribution is 0.199. The van der Waals surface area contributed by atoms with Crippen LogP contribution in [0.15, 0.2) is 24.3 Å². The minimum Gasteiger partial charge on any atom is -0.407 e. The Morgan fingerprint density at radius 1 is 1.54 bits per heavy atom. The van der Waals surface area contributed by atoms with E-state index >= 15 is 0 Å². The smallest absolute Gasteiger partial charge is 0.407 e. The van der Waals surface area contributed by atoms with E-state index < -0.39 is 11.9 Å². The largest absolute Gasteiger partial charge is 0.412 e. The van der Waals surface area contributed by atoms with Gasteiger partial charge in [-0.15, -0.1) is 0 Å². The molecule has 0 saturated heterocycles. The number of nitrogens with one attached hydrogen (secondary N) is 1. The fourth-order valence-corrected chi connectivity index (χ4v) is 0.808. The maximum absolute atomic E-state index is 12.9. The molecule has 1 aromatic rings. The molecular formula is C9H10FNO2. The molecule has 1 N–H and O–H groups in total. The predicted molar refractivity (Wildman–Crippen MR) is 46.1 cm³/mol. The molecule has 1 amide bonds. The van der Waals surface area contributed by atoms with Crippen molar-refractivity contribution in [1.82, 2.24) is 5.32 Å². The molecule has 3 nitrogen and oxygen atoms in total. The van der Waals surface area contributed by atoms with E-state index in [0.717, 1.165) is 0 Å². The summed E-state index contributed by atoms with van der Waals surface area (Å²) in [4.78, 5) is 10.9. The van der Waals surface area contributed by atoms with Gasteiger partial charge in [-0.2, -0.15) is 0 Å². The van der Waals surface area contributed by atoms with Crippen LogP contribution in [0.1, 0.15) is 6.92 Å². The summed E-state index contributed by atoms with van der Waals surface area (Å²) < 4.78 is 17.5. The normalized spacial score (nSPS) is 9.38. The Balaban J connectivity index is 2.63. The molecule has 0 saturated carbocycles. The number of rotatable bonds is 2. The van der Waals surface area contributed by atoms with Crippen LogP contribution in [-0.4, -0.2) is 12.6 Å². The highest BCUT2D eigenvalue weighted by atomic mass is 19.1. The summed E-state index contributed by atoms with van der Waals surface area (Å²) in [6.45, 7) is 2.20. The Hall–Kier alpha value is -1.58. The summed E-state index contributed by atoms with van der Waals surface area (Å²) in [5.41, 5.74) is 0. The van der Waals surface area contributed by atoms with E-state index in [4.69, 9.17) is 0 Å². The van der Waals surface area contributed by atoms with Crippen LogP contribution < -0.4 is 10.1 Å². The number of ether oxygens (including phenoxy) is 1. The molecule has 0 atom stereocenters. The molecule has 70 valence electrons. The van der Waals surface area contributed by atoms with Crippen molar-refractivity contribution in [1.29, 1.82) is 0 Å². The zero-order valence-electron chi connectivity index (χ0n) is 7.21. The molecule has 0 radical (unpaired) electrons. The van der Waals surface area contributed by atoms with Crippen molar-refractivity contribution >= 4 is 6.09 Å². The third-order valence-corrected chi connectivity index (χ3v) is 1.36. The van der Waals surface area contributed by atoms with Gasteiger partial charge in [-0.25, -0.2) is 9.18 Å². The Bertz CT molecular complexity index is 301. The average molecular weight is 183 g/mol. The second kappa shape index (κ2) is 4.45. The fraction of sp³-hybridized carbons (Fsp3) is 0.222. The van der Waals surface area contributed by atoms with Gasteiger partial charge in [0.2, 0.25) is 0 Å². The summed E-state index contributed by atoms with van der Waals surface area (Å²) in [5.74, 6) is -0.609. The number of carbonyl (C=O) groups is 1. The molecule has 0 aliphatic carbocycles. The first-order chi connectivity index (χ1) is 6.24. The van der Waals surface area contributed by atoms with Gasteiger partial charge in [0, 0.05) is 6.54 Å². The highest BCUT2D eigenvalue weighted by Gasteiger charge is 2.06. The molecular weight excluding hydrogens is 173 g/mol. The van der Waals surface area contributed by atoms with Crippen molar-refractivity contribution in [2.75, 3.05) is 6.54 Å². The molecule has 0 fully saturated rings. The SMILES string of the molecule is CCNC(=O)Oc1ccccc1F. The number of halogens is 1.